The first-order valence-electron chi connectivity index (χ1n) is 7.81. The molecular weight excluding hydrogens is 324 g/mol. The van der Waals surface area contributed by atoms with Gasteiger partial charge in [0.1, 0.15) is 0 Å². The molecule has 25 heavy (non-hydrogen) atoms. The first kappa shape index (κ1) is 16.6. The smallest absolute Gasteiger partial charge is 0.330 e. The molecule has 0 atom stereocenters. The minimum atomic E-state index is -0.542. The van der Waals surface area contributed by atoms with Crippen LogP contribution in [0.25, 0.3) is 5.82 Å². The van der Waals surface area contributed by atoms with E-state index < -0.39 is 5.97 Å². The Morgan fingerprint density at radius 2 is 1.80 bits per heavy atom. The lowest BCUT2D eigenvalue weighted by Crippen LogP contribution is -2.48. The van der Waals surface area contributed by atoms with Crippen molar-refractivity contribution < 1.29 is 14.3 Å². The lowest BCUT2D eigenvalue weighted by molar-refractivity contribution is -0.135. The number of aromatic nitrogens is 4. The highest BCUT2D eigenvalue weighted by molar-refractivity contribution is 5.94. The van der Waals surface area contributed by atoms with E-state index in [1.807, 2.05) is 18.2 Å². The van der Waals surface area contributed by atoms with Gasteiger partial charge in [0.15, 0.2) is 11.6 Å². The van der Waals surface area contributed by atoms with Gasteiger partial charge in [-0.05, 0) is 18.2 Å². The summed E-state index contributed by atoms with van der Waals surface area (Å²) in [7, 11) is 1.27. The van der Waals surface area contributed by atoms with Gasteiger partial charge < -0.3 is 14.5 Å². The van der Waals surface area contributed by atoms with E-state index in [0.717, 1.165) is 11.9 Å². The van der Waals surface area contributed by atoms with Gasteiger partial charge in [-0.2, -0.15) is 5.10 Å². The molecule has 0 bridgehead atoms. The molecule has 9 nitrogen and oxygen atoms in total. The zero-order valence-electron chi connectivity index (χ0n) is 13.8. The van der Waals surface area contributed by atoms with Gasteiger partial charge in [-0.3, -0.25) is 4.79 Å². The second kappa shape index (κ2) is 7.56. The third-order valence-corrected chi connectivity index (χ3v) is 3.85. The van der Waals surface area contributed by atoms with Crippen molar-refractivity contribution >= 4 is 17.7 Å². The highest BCUT2D eigenvalue weighted by atomic mass is 16.5. The van der Waals surface area contributed by atoms with Gasteiger partial charge in [-0.25, -0.2) is 9.48 Å². The Bertz CT molecular complexity index is 749. The Labute approximate surface area is 144 Å². The van der Waals surface area contributed by atoms with Crippen molar-refractivity contribution in [2.24, 2.45) is 0 Å². The average molecular weight is 342 g/mol. The lowest BCUT2D eigenvalue weighted by atomic mass is 10.3. The van der Waals surface area contributed by atoms with Crippen molar-refractivity contribution in [1.29, 1.82) is 0 Å². The van der Waals surface area contributed by atoms with Crippen molar-refractivity contribution in [2.45, 2.75) is 0 Å². The van der Waals surface area contributed by atoms with Crippen molar-refractivity contribution in [3.8, 4) is 5.82 Å². The molecule has 3 rings (SSSR count). The summed E-state index contributed by atoms with van der Waals surface area (Å²) in [6.45, 7) is 2.39. The monoisotopic (exact) mass is 342 g/mol. The van der Waals surface area contributed by atoms with Crippen LogP contribution in [0.5, 0.6) is 0 Å². The molecule has 3 heterocycles. The number of methoxy groups -OCH3 is 1. The zero-order chi connectivity index (χ0) is 17.6. The van der Waals surface area contributed by atoms with Crippen LogP contribution in [0, 0.1) is 0 Å². The van der Waals surface area contributed by atoms with Crippen LogP contribution in [0.2, 0.25) is 0 Å². The highest BCUT2D eigenvalue weighted by Crippen LogP contribution is 2.14. The molecule has 0 N–H and O–H groups in total. The third kappa shape index (κ3) is 4.00. The molecule has 0 unspecified atom stereocenters. The van der Waals surface area contributed by atoms with Crippen molar-refractivity contribution in [3.63, 3.8) is 0 Å². The Balaban J connectivity index is 1.56. The normalized spacial score (nSPS) is 14.8. The molecule has 0 aromatic carbocycles. The maximum absolute atomic E-state index is 12.0. The number of amides is 1. The molecule has 1 amide bonds. The molecular formula is C16H18N6O3. The summed E-state index contributed by atoms with van der Waals surface area (Å²) in [5.41, 5.74) is 0. The summed E-state index contributed by atoms with van der Waals surface area (Å²) >= 11 is 0. The average Bonchev–Trinajstić information content (AvgIpc) is 3.21. The zero-order valence-corrected chi connectivity index (χ0v) is 13.8. The molecule has 9 heteroatoms. The van der Waals surface area contributed by atoms with Crippen LogP contribution in [0.4, 0.5) is 5.82 Å². The van der Waals surface area contributed by atoms with E-state index in [4.69, 9.17) is 0 Å². The van der Waals surface area contributed by atoms with Crippen LogP contribution in [0.3, 0.4) is 0 Å². The molecule has 0 spiro atoms. The molecule has 1 aliphatic heterocycles. The van der Waals surface area contributed by atoms with E-state index in [2.05, 4.69) is 24.9 Å². The van der Waals surface area contributed by atoms with Crippen molar-refractivity contribution in [3.05, 3.63) is 42.7 Å². The number of hydrogen-bond acceptors (Lipinski definition) is 7. The number of piperazine rings is 1. The predicted molar refractivity (Wildman–Crippen MR) is 89.1 cm³/mol. The number of carbonyl (C=O) groups excluding carboxylic acids is 2. The van der Waals surface area contributed by atoms with Crippen molar-refractivity contribution in [1.82, 2.24) is 24.9 Å². The summed E-state index contributed by atoms with van der Waals surface area (Å²) in [4.78, 5) is 26.8. The molecule has 2 aromatic rings. The van der Waals surface area contributed by atoms with E-state index in [1.54, 1.807) is 22.0 Å². The molecule has 1 saturated heterocycles. The van der Waals surface area contributed by atoms with Gasteiger partial charge >= 0.3 is 5.97 Å². The van der Waals surface area contributed by atoms with Gasteiger partial charge in [0.05, 0.1) is 7.11 Å². The maximum atomic E-state index is 12.0. The Morgan fingerprint density at radius 3 is 2.40 bits per heavy atom. The summed E-state index contributed by atoms with van der Waals surface area (Å²) in [6.07, 6.45) is 5.85. The number of carbonyl (C=O) groups is 2. The Kier molecular flexibility index (Phi) is 5.03. The van der Waals surface area contributed by atoms with E-state index >= 15 is 0 Å². The molecule has 0 aliphatic carbocycles. The molecule has 2 aromatic heterocycles. The lowest BCUT2D eigenvalue weighted by Gasteiger charge is -2.34. The van der Waals surface area contributed by atoms with Crippen LogP contribution < -0.4 is 4.90 Å². The summed E-state index contributed by atoms with van der Waals surface area (Å²) in [6, 6.07) is 5.56. The van der Waals surface area contributed by atoms with Gasteiger partial charge in [-0.1, -0.05) is 0 Å². The van der Waals surface area contributed by atoms with Crippen LogP contribution >= 0.6 is 0 Å². The second-order valence-electron chi connectivity index (χ2n) is 5.37. The summed E-state index contributed by atoms with van der Waals surface area (Å²) in [5, 5.41) is 12.5. The molecule has 1 aliphatic rings. The quantitative estimate of drug-likeness (QED) is 0.572. The van der Waals surface area contributed by atoms with E-state index in [9.17, 15) is 9.59 Å². The topological polar surface area (TPSA) is 93.5 Å². The number of ether oxygens (including phenoxy) is 1. The minimum absolute atomic E-state index is 0.204. The highest BCUT2D eigenvalue weighted by Gasteiger charge is 2.21. The van der Waals surface area contributed by atoms with Gasteiger partial charge in [0, 0.05) is 50.7 Å². The third-order valence-electron chi connectivity index (χ3n) is 3.85. The summed E-state index contributed by atoms with van der Waals surface area (Å²) < 4.78 is 6.11. The molecule has 1 fully saturated rings. The Hall–Kier alpha value is -3.23. The molecule has 0 saturated carbocycles. The fourth-order valence-electron chi connectivity index (χ4n) is 2.48. The van der Waals surface area contributed by atoms with Crippen LogP contribution in [-0.4, -0.2) is 70.0 Å². The van der Waals surface area contributed by atoms with E-state index in [0.29, 0.717) is 32.0 Å². The first-order valence-corrected chi connectivity index (χ1v) is 7.81. The number of hydrogen-bond donors (Lipinski definition) is 0. The van der Waals surface area contributed by atoms with E-state index in [1.165, 1.54) is 13.2 Å². The summed E-state index contributed by atoms with van der Waals surface area (Å²) in [5.74, 6) is 0.660. The Morgan fingerprint density at radius 1 is 1.08 bits per heavy atom. The fourth-order valence-corrected chi connectivity index (χ4v) is 2.48. The van der Waals surface area contributed by atoms with Crippen LogP contribution in [0.15, 0.2) is 42.7 Å². The van der Waals surface area contributed by atoms with Crippen LogP contribution in [0.1, 0.15) is 0 Å². The largest absolute Gasteiger partial charge is 0.466 e. The molecule has 130 valence electrons. The number of anilines is 1. The van der Waals surface area contributed by atoms with Gasteiger partial charge in [0.25, 0.3) is 0 Å². The van der Waals surface area contributed by atoms with Gasteiger partial charge in [0.2, 0.25) is 5.91 Å². The molecule has 0 radical (unpaired) electrons. The van der Waals surface area contributed by atoms with Crippen LogP contribution in [-0.2, 0) is 14.3 Å². The maximum Gasteiger partial charge on any atom is 0.330 e. The number of esters is 1. The fraction of sp³-hybridized carbons (Fsp3) is 0.312. The second-order valence-corrected chi connectivity index (χ2v) is 5.37. The first-order chi connectivity index (χ1) is 12.2. The van der Waals surface area contributed by atoms with Gasteiger partial charge in [-0.15, -0.1) is 10.2 Å². The van der Waals surface area contributed by atoms with Crippen molar-refractivity contribution in [2.75, 3.05) is 38.2 Å². The van der Waals surface area contributed by atoms with E-state index in [-0.39, 0.29) is 5.91 Å². The SMILES string of the molecule is COC(=O)/C=C/C(=O)N1CCN(c2ccc(-n3cccn3)nn2)CC1. The number of nitrogens with zero attached hydrogens (tertiary/aromatic N) is 6. The predicted octanol–water partition coefficient (Wildman–Crippen LogP) is 0.0401. The minimum Gasteiger partial charge on any atom is -0.466 e. The standard InChI is InChI=1S/C16H18N6O3/c1-25-16(24)6-5-15(23)21-11-9-20(10-12-21)13-3-4-14(19-18-13)22-8-2-7-17-22/h2-8H,9-12H2,1H3/b6-5+. The number of rotatable bonds is 4.